The summed E-state index contributed by atoms with van der Waals surface area (Å²) in [5, 5.41) is 39.8. The number of nitrogens with zero attached hydrogens (tertiary/aromatic N) is 2. The number of non-ortho nitro benzene ring substituents is 2. The van der Waals surface area contributed by atoms with Crippen LogP contribution in [0, 0.1) is 20.2 Å². The highest BCUT2D eigenvalue weighted by Gasteiger charge is 2.22. The summed E-state index contributed by atoms with van der Waals surface area (Å²) in [6.07, 6.45) is 0. The number of rotatable bonds is 6. The number of ketones is 1. The van der Waals surface area contributed by atoms with Gasteiger partial charge in [0, 0.05) is 35.4 Å². The number of carbonyl (C=O) groups is 3. The summed E-state index contributed by atoms with van der Waals surface area (Å²) in [4.78, 5) is 54.7. The monoisotopic (exact) mass is 360 g/mol. The molecule has 0 aromatic heterocycles. The second-order valence-electron chi connectivity index (χ2n) is 4.99. The van der Waals surface area contributed by atoms with Crippen LogP contribution in [-0.4, -0.2) is 37.8 Å². The van der Waals surface area contributed by atoms with Gasteiger partial charge in [-0.25, -0.2) is 9.59 Å². The van der Waals surface area contributed by atoms with Crippen molar-refractivity contribution in [2.45, 2.75) is 0 Å². The highest BCUT2D eigenvalue weighted by Crippen LogP contribution is 2.23. The minimum absolute atomic E-state index is 0.423. The van der Waals surface area contributed by atoms with Gasteiger partial charge in [-0.2, -0.15) is 0 Å². The molecular weight excluding hydrogens is 352 g/mol. The Hall–Kier alpha value is -4.15. The summed E-state index contributed by atoms with van der Waals surface area (Å²) in [5.74, 6) is -4.04. The van der Waals surface area contributed by atoms with Gasteiger partial charge < -0.3 is 10.2 Å². The zero-order valence-corrected chi connectivity index (χ0v) is 12.6. The van der Waals surface area contributed by atoms with Gasteiger partial charge in [-0.15, -0.1) is 0 Å². The molecule has 0 spiro atoms. The zero-order chi connectivity index (χ0) is 19.6. The molecule has 0 saturated carbocycles. The molecule has 11 nitrogen and oxygen atoms in total. The van der Waals surface area contributed by atoms with E-state index >= 15 is 0 Å². The second-order valence-corrected chi connectivity index (χ2v) is 4.99. The molecule has 2 aromatic rings. The second kappa shape index (κ2) is 6.76. The van der Waals surface area contributed by atoms with Gasteiger partial charge in [0.05, 0.1) is 21.0 Å². The Labute approximate surface area is 143 Å². The highest BCUT2D eigenvalue weighted by molar-refractivity contribution is 6.11. The average molecular weight is 360 g/mol. The lowest BCUT2D eigenvalue weighted by Crippen LogP contribution is -2.08. The third-order valence-electron chi connectivity index (χ3n) is 3.28. The molecule has 26 heavy (non-hydrogen) atoms. The smallest absolute Gasteiger partial charge is 0.335 e. The molecule has 0 aliphatic rings. The molecule has 132 valence electrons. The first-order valence-electron chi connectivity index (χ1n) is 6.70. The SMILES string of the molecule is O=C(O)c1cc(C(=O)c2cc(C(=O)O)cc([N+](=O)[O-])c2)cc([N+](=O)[O-])c1. The number of hydrogen-bond acceptors (Lipinski definition) is 7. The van der Waals surface area contributed by atoms with Crippen LogP contribution in [0.4, 0.5) is 11.4 Å². The van der Waals surface area contributed by atoms with E-state index in [0.29, 0.717) is 0 Å². The molecule has 2 N–H and O–H groups in total. The van der Waals surface area contributed by atoms with E-state index in [4.69, 9.17) is 10.2 Å². The standard InChI is InChI=1S/C15H8N2O9/c18-13(7-1-9(14(19)20)5-11(3-7)16(23)24)8-2-10(15(21)22)6-12(4-8)17(25)26/h1-6H,(H,19,20)(H,21,22). The minimum atomic E-state index is -1.52. The predicted octanol–water partition coefficient (Wildman–Crippen LogP) is 2.13. The first-order chi connectivity index (χ1) is 12.1. The normalized spacial score (nSPS) is 10.2. The molecule has 2 rings (SSSR count). The van der Waals surface area contributed by atoms with Crippen LogP contribution in [0.3, 0.4) is 0 Å². The van der Waals surface area contributed by atoms with E-state index in [9.17, 15) is 34.6 Å². The fraction of sp³-hybridized carbons (Fsp3) is 0. The Kier molecular flexibility index (Phi) is 4.73. The fourth-order valence-electron chi connectivity index (χ4n) is 2.11. The highest BCUT2D eigenvalue weighted by atomic mass is 16.6. The Morgan fingerprint density at radius 1 is 0.654 bits per heavy atom. The van der Waals surface area contributed by atoms with Gasteiger partial charge in [-0.05, 0) is 12.1 Å². The van der Waals surface area contributed by atoms with Crippen LogP contribution in [0.15, 0.2) is 36.4 Å². The van der Waals surface area contributed by atoms with Crippen molar-refractivity contribution in [1.82, 2.24) is 0 Å². The van der Waals surface area contributed by atoms with Gasteiger partial charge in [-0.3, -0.25) is 25.0 Å². The maximum Gasteiger partial charge on any atom is 0.335 e. The first-order valence-corrected chi connectivity index (χ1v) is 6.70. The molecule has 2 aromatic carbocycles. The minimum Gasteiger partial charge on any atom is -0.478 e. The molecule has 0 unspecified atom stereocenters. The van der Waals surface area contributed by atoms with Gasteiger partial charge in [-0.1, -0.05) is 0 Å². The van der Waals surface area contributed by atoms with Gasteiger partial charge in [0.2, 0.25) is 0 Å². The van der Waals surface area contributed by atoms with Crippen LogP contribution in [0.2, 0.25) is 0 Å². The van der Waals surface area contributed by atoms with Crippen molar-refractivity contribution in [3.05, 3.63) is 78.9 Å². The number of hydrogen-bond donors (Lipinski definition) is 2. The fourth-order valence-corrected chi connectivity index (χ4v) is 2.11. The lowest BCUT2D eigenvalue weighted by molar-refractivity contribution is -0.385. The van der Waals surface area contributed by atoms with E-state index in [2.05, 4.69) is 0 Å². The molecular formula is C15H8N2O9. The number of nitro benzene ring substituents is 2. The Morgan fingerprint density at radius 3 is 1.23 bits per heavy atom. The van der Waals surface area contributed by atoms with Crippen LogP contribution in [0.1, 0.15) is 36.6 Å². The summed E-state index contributed by atoms with van der Waals surface area (Å²) in [5.41, 5.74) is -3.26. The Bertz CT molecular complexity index is 839. The van der Waals surface area contributed by atoms with Crippen LogP contribution in [0.25, 0.3) is 0 Å². The predicted molar refractivity (Wildman–Crippen MR) is 83.5 cm³/mol. The van der Waals surface area contributed by atoms with Crippen LogP contribution < -0.4 is 0 Å². The molecule has 0 heterocycles. The van der Waals surface area contributed by atoms with E-state index < -0.39 is 61.2 Å². The van der Waals surface area contributed by atoms with Gasteiger partial charge >= 0.3 is 11.9 Å². The largest absolute Gasteiger partial charge is 0.478 e. The summed E-state index contributed by atoms with van der Waals surface area (Å²) in [6, 6.07) is 4.81. The van der Waals surface area contributed by atoms with Crippen molar-refractivity contribution < 1.29 is 34.4 Å². The van der Waals surface area contributed by atoms with E-state index in [1.54, 1.807) is 0 Å². The van der Waals surface area contributed by atoms with E-state index in [0.717, 1.165) is 36.4 Å². The molecule has 0 saturated heterocycles. The topological polar surface area (TPSA) is 178 Å². The molecule has 0 radical (unpaired) electrons. The van der Waals surface area contributed by atoms with Crippen LogP contribution >= 0.6 is 0 Å². The van der Waals surface area contributed by atoms with Gasteiger partial charge in [0.15, 0.2) is 5.78 Å². The Balaban J connectivity index is 2.65. The number of carboxylic acid groups (broad SMARTS) is 2. The van der Waals surface area contributed by atoms with Crippen molar-refractivity contribution >= 4 is 29.1 Å². The van der Waals surface area contributed by atoms with Crippen LogP contribution in [-0.2, 0) is 0 Å². The summed E-state index contributed by atoms with van der Waals surface area (Å²) >= 11 is 0. The zero-order valence-electron chi connectivity index (χ0n) is 12.6. The van der Waals surface area contributed by atoms with Crippen molar-refractivity contribution in [1.29, 1.82) is 0 Å². The van der Waals surface area contributed by atoms with Crippen molar-refractivity contribution in [2.75, 3.05) is 0 Å². The third kappa shape index (κ3) is 3.67. The van der Waals surface area contributed by atoms with Gasteiger partial charge in [0.1, 0.15) is 0 Å². The number of carboxylic acids is 2. The van der Waals surface area contributed by atoms with Gasteiger partial charge in [0.25, 0.3) is 11.4 Å². The maximum atomic E-state index is 12.5. The van der Waals surface area contributed by atoms with Crippen LogP contribution in [0.5, 0.6) is 0 Å². The molecule has 0 atom stereocenters. The van der Waals surface area contributed by atoms with Crippen molar-refractivity contribution in [3.63, 3.8) is 0 Å². The molecule has 0 bridgehead atoms. The molecule has 0 fully saturated rings. The maximum absolute atomic E-state index is 12.5. The van der Waals surface area contributed by atoms with E-state index in [-0.39, 0.29) is 0 Å². The summed E-state index contributed by atoms with van der Waals surface area (Å²) in [7, 11) is 0. The van der Waals surface area contributed by atoms with E-state index in [1.165, 1.54) is 0 Å². The number of nitro groups is 2. The van der Waals surface area contributed by atoms with Crippen molar-refractivity contribution in [2.24, 2.45) is 0 Å². The number of benzene rings is 2. The average Bonchev–Trinajstić information content (AvgIpc) is 2.59. The lowest BCUT2D eigenvalue weighted by Gasteiger charge is -2.05. The molecule has 11 heteroatoms. The molecule has 0 aliphatic heterocycles. The summed E-state index contributed by atoms with van der Waals surface area (Å²) < 4.78 is 0. The number of carbonyl (C=O) groups excluding carboxylic acids is 1. The quantitative estimate of drug-likeness (QED) is 0.443. The summed E-state index contributed by atoms with van der Waals surface area (Å²) in [6.45, 7) is 0. The first kappa shape index (κ1) is 18.2. The molecule has 0 aliphatic carbocycles. The third-order valence-corrected chi connectivity index (χ3v) is 3.28. The number of aromatic carboxylic acids is 2. The van der Waals surface area contributed by atoms with E-state index in [1.807, 2.05) is 0 Å². The molecule has 0 amide bonds. The lowest BCUT2D eigenvalue weighted by atomic mass is 9.98. The Morgan fingerprint density at radius 2 is 0.962 bits per heavy atom. The van der Waals surface area contributed by atoms with Crippen molar-refractivity contribution in [3.8, 4) is 0 Å².